The first-order chi connectivity index (χ1) is 22.7. The van der Waals surface area contributed by atoms with Crippen LogP contribution < -0.4 is 14.4 Å². The first-order valence-corrected chi connectivity index (χ1v) is 14.1. The quantitative estimate of drug-likeness (QED) is 0.0501. The first kappa shape index (κ1) is 33.2. The van der Waals surface area contributed by atoms with E-state index in [2.05, 4.69) is 39.2 Å². The number of ether oxygens (including phenoxy) is 3. The summed E-state index contributed by atoms with van der Waals surface area (Å²) in [5.41, 5.74) is 3.73. The second-order valence-electron chi connectivity index (χ2n) is 10.1. The number of carbonyl (C=O) groups excluding carboxylic acids is 2. The van der Waals surface area contributed by atoms with Crippen molar-refractivity contribution in [3.8, 4) is 23.6 Å². The summed E-state index contributed by atoms with van der Waals surface area (Å²) in [6, 6.07) is 26.7. The molecule has 0 aliphatic rings. The predicted octanol–water partition coefficient (Wildman–Crippen LogP) is 8.04. The maximum absolute atomic E-state index is 13.2. The van der Waals surface area contributed by atoms with Gasteiger partial charge in [-0.15, -0.1) is 10.2 Å². The van der Waals surface area contributed by atoms with Gasteiger partial charge in [-0.3, -0.25) is 0 Å². The molecule has 4 aromatic carbocycles. The summed E-state index contributed by atoms with van der Waals surface area (Å²) in [6.07, 6.45) is 0. The van der Waals surface area contributed by atoms with Crippen molar-refractivity contribution in [1.29, 1.82) is 10.5 Å². The minimum absolute atomic E-state index is 0.0481. The highest BCUT2D eigenvalue weighted by molar-refractivity contribution is 5.92. The summed E-state index contributed by atoms with van der Waals surface area (Å²) in [4.78, 5) is 26.5. The van der Waals surface area contributed by atoms with E-state index in [1.54, 1.807) is 111 Å². The molecular weight excluding hydrogens is 598 g/mol. The highest BCUT2D eigenvalue weighted by Crippen LogP contribution is 2.41. The number of nitrogens with zero attached hydrogens (tertiary/aromatic N) is 7. The third-order valence-corrected chi connectivity index (χ3v) is 6.30. The Balaban J connectivity index is 1.60. The van der Waals surface area contributed by atoms with Crippen LogP contribution in [0.1, 0.15) is 28.4 Å². The molecule has 4 rings (SSSR count). The minimum Gasteiger partial charge on any atom is -0.490 e. The topological polar surface area (TPSA) is 162 Å². The minimum atomic E-state index is -0.654. The van der Waals surface area contributed by atoms with Gasteiger partial charge in [0.25, 0.3) is 0 Å². The van der Waals surface area contributed by atoms with Crippen molar-refractivity contribution >= 4 is 40.4 Å². The largest absolute Gasteiger partial charge is 0.490 e. The van der Waals surface area contributed by atoms with Gasteiger partial charge in [-0.25, -0.2) is 9.59 Å². The van der Waals surface area contributed by atoms with Crippen molar-refractivity contribution in [3.05, 3.63) is 114 Å². The molecule has 234 valence electrons. The van der Waals surface area contributed by atoms with E-state index in [0.717, 1.165) is 0 Å². The Morgan fingerprint density at radius 2 is 1.32 bits per heavy atom. The second kappa shape index (κ2) is 15.9. The van der Waals surface area contributed by atoms with Crippen molar-refractivity contribution in [2.75, 3.05) is 32.2 Å². The maximum Gasteiger partial charge on any atom is 0.343 e. The average Bonchev–Trinajstić information content (AvgIpc) is 3.09. The van der Waals surface area contributed by atoms with E-state index in [9.17, 15) is 9.59 Å². The number of azo groups is 2. The number of benzene rings is 4. The van der Waals surface area contributed by atoms with Crippen molar-refractivity contribution < 1.29 is 23.8 Å². The molecule has 0 amide bonds. The zero-order valence-corrected chi connectivity index (χ0v) is 25.9. The van der Waals surface area contributed by atoms with E-state index < -0.39 is 11.9 Å². The zero-order chi connectivity index (χ0) is 33.8. The summed E-state index contributed by atoms with van der Waals surface area (Å²) < 4.78 is 16.4. The molecule has 0 heterocycles. The number of hydrogen-bond donors (Lipinski definition) is 0. The van der Waals surface area contributed by atoms with E-state index in [0.29, 0.717) is 45.2 Å². The Morgan fingerprint density at radius 3 is 1.83 bits per heavy atom. The smallest absolute Gasteiger partial charge is 0.343 e. The van der Waals surface area contributed by atoms with Crippen molar-refractivity contribution in [2.45, 2.75) is 6.92 Å². The average molecular weight is 628 g/mol. The fourth-order valence-electron chi connectivity index (χ4n) is 3.84. The number of esters is 2. The predicted molar refractivity (Wildman–Crippen MR) is 174 cm³/mol. The third kappa shape index (κ3) is 9.41. The fraction of sp³-hybridized carbons (Fsp3) is 0.143. The number of anilines is 1. The Morgan fingerprint density at radius 1 is 0.766 bits per heavy atom. The summed E-state index contributed by atoms with van der Waals surface area (Å²) in [7, 11) is 3.61. The number of rotatable bonds is 12. The van der Waals surface area contributed by atoms with E-state index in [4.69, 9.17) is 24.7 Å². The number of carbonyl (C=O) groups is 2. The molecule has 0 spiro atoms. The zero-order valence-electron chi connectivity index (χ0n) is 25.9. The van der Waals surface area contributed by atoms with Gasteiger partial charge in [0.1, 0.15) is 30.3 Å². The molecule has 0 unspecified atom stereocenters. The fourth-order valence-corrected chi connectivity index (χ4v) is 3.84. The van der Waals surface area contributed by atoms with Gasteiger partial charge in [-0.2, -0.15) is 20.8 Å². The molecule has 12 nitrogen and oxygen atoms in total. The molecule has 0 atom stereocenters. The molecular formula is C35H29N7O5. The molecule has 4 aromatic rings. The molecule has 0 aliphatic carbocycles. The van der Waals surface area contributed by atoms with Crippen LogP contribution in [-0.4, -0.2) is 39.2 Å². The highest BCUT2D eigenvalue weighted by atomic mass is 16.6. The molecule has 0 fully saturated rings. The summed E-state index contributed by atoms with van der Waals surface area (Å²) in [5.74, 6) is -0.564. The second-order valence-corrected chi connectivity index (χ2v) is 10.1. The van der Waals surface area contributed by atoms with Gasteiger partial charge >= 0.3 is 11.9 Å². The van der Waals surface area contributed by atoms with E-state index in [1.165, 1.54) is 0 Å². The van der Waals surface area contributed by atoms with Crippen molar-refractivity contribution in [1.82, 2.24) is 0 Å². The molecule has 0 aliphatic heterocycles. The lowest BCUT2D eigenvalue weighted by Gasteiger charge is -2.17. The van der Waals surface area contributed by atoms with Crippen LogP contribution >= 0.6 is 0 Å². The van der Waals surface area contributed by atoms with E-state index >= 15 is 0 Å². The molecule has 0 saturated heterocycles. The number of nitriles is 2. The molecule has 0 saturated carbocycles. The molecule has 0 radical (unpaired) electrons. The first-order valence-electron chi connectivity index (χ1n) is 14.1. The lowest BCUT2D eigenvalue weighted by molar-refractivity contribution is -0.139. The van der Waals surface area contributed by atoms with Crippen LogP contribution in [0.5, 0.6) is 11.5 Å². The highest BCUT2D eigenvalue weighted by Gasteiger charge is 2.17. The van der Waals surface area contributed by atoms with Gasteiger partial charge < -0.3 is 19.1 Å². The normalized spacial score (nSPS) is 10.7. The monoisotopic (exact) mass is 627 g/mol. The van der Waals surface area contributed by atoms with Crippen LogP contribution in [0.15, 0.2) is 118 Å². The third-order valence-electron chi connectivity index (χ3n) is 6.30. The molecule has 0 bridgehead atoms. The van der Waals surface area contributed by atoms with E-state index in [-0.39, 0.29) is 30.2 Å². The van der Waals surface area contributed by atoms with Gasteiger partial charge in [0.2, 0.25) is 0 Å². The van der Waals surface area contributed by atoms with Crippen LogP contribution in [0.2, 0.25) is 0 Å². The standard InChI is InChI=1S/C35H29N7O5/c1-23(2)34(43)46-18-17-45-29-15-9-26(10-16-29)35(44)47-33-20-32(42(3)4)30(40-38-27-11-5-24(21-36)6-12-27)19-31(33)41-39-28-13-7-25(22-37)8-14-28/h5-16,19-20H,1,17-18H2,2-4H3. The lowest BCUT2D eigenvalue weighted by atomic mass is 10.2. The molecule has 0 aromatic heterocycles. The van der Waals surface area contributed by atoms with Crippen LogP contribution in [0, 0.1) is 22.7 Å². The van der Waals surface area contributed by atoms with Crippen LogP contribution in [0.3, 0.4) is 0 Å². The summed E-state index contributed by atoms with van der Waals surface area (Å²) >= 11 is 0. The Labute approximate surface area is 271 Å². The van der Waals surface area contributed by atoms with Gasteiger partial charge in [0, 0.05) is 25.7 Å². The Bertz CT molecular complexity index is 1900. The summed E-state index contributed by atoms with van der Waals surface area (Å²) in [5, 5.41) is 35.5. The molecule has 0 N–H and O–H groups in total. The maximum atomic E-state index is 13.2. The van der Waals surface area contributed by atoms with Crippen LogP contribution in [-0.2, 0) is 9.53 Å². The van der Waals surface area contributed by atoms with Crippen molar-refractivity contribution in [3.63, 3.8) is 0 Å². The number of hydrogen-bond acceptors (Lipinski definition) is 12. The molecule has 12 heteroatoms. The van der Waals surface area contributed by atoms with Gasteiger partial charge in [0.15, 0.2) is 5.75 Å². The lowest BCUT2D eigenvalue weighted by Crippen LogP contribution is -2.13. The van der Waals surface area contributed by atoms with Gasteiger partial charge in [0.05, 0.1) is 45.9 Å². The Kier molecular flexibility index (Phi) is 11.2. The Hall–Kier alpha value is -6.66. The van der Waals surface area contributed by atoms with Gasteiger partial charge in [-0.05, 0) is 85.8 Å². The van der Waals surface area contributed by atoms with Crippen LogP contribution in [0.4, 0.5) is 28.4 Å². The van der Waals surface area contributed by atoms with Crippen molar-refractivity contribution in [2.24, 2.45) is 20.5 Å². The van der Waals surface area contributed by atoms with Crippen LogP contribution in [0.25, 0.3) is 0 Å². The van der Waals surface area contributed by atoms with E-state index in [1.807, 2.05) is 0 Å². The molecule has 47 heavy (non-hydrogen) atoms. The van der Waals surface area contributed by atoms with Gasteiger partial charge in [-0.1, -0.05) is 6.58 Å². The summed E-state index contributed by atoms with van der Waals surface area (Å²) in [6.45, 7) is 5.26. The SMILES string of the molecule is C=C(C)C(=O)OCCOc1ccc(C(=O)Oc2cc(N(C)C)c(N=Nc3ccc(C#N)cc3)cc2N=Nc2ccc(C#N)cc2)cc1.